The van der Waals surface area contributed by atoms with Crippen LogP contribution in [0.2, 0.25) is 10.0 Å². The summed E-state index contributed by atoms with van der Waals surface area (Å²) < 4.78 is 7.09. The number of nitrogens with zero attached hydrogens (tertiary/aromatic N) is 3. The van der Waals surface area contributed by atoms with Gasteiger partial charge in [-0.15, -0.1) is 11.8 Å². The molecular formula is C21H19Cl2N3O4S. The van der Waals surface area contributed by atoms with Crippen LogP contribution in [-0.4, -0.2) is 26.4 Å². The van der Waals surface area contributed by atoms with Gasteiger partial charge in [0.15, 0.2) is 0 Å². The van der Waals surface area contributed by atoms with E-state index < -0.39 is 17.1 Å². The van der Waals surface area contributed by atoms with Crippen molar-refractivity contribution in [3.8, 4) is 11.6 Å². The van der Waals surface area contributed by atoms with Gasteiger partial charge in [0.25, 0.3) is 5.56 Å². The van der Waals surface area contributed by atoms with E-state index in [0.29, 0.717) is 27.2 Å². The van der Waals surface area contributed by atoms with Gasteiger partial charge in [-0.1, -0.05) is 29.3 Å². The molecule has 0 unspecified atom stereocenters. The van der Waals surface area contributed by atoms with Crippen molar-refractivity contribution in [1.29, 1.82) is 0 Å². The second-order valence-electron chi connectivity index (χ2n) is 6.56. The molecular weight excluding hydrogens is 461 g/mol. The maximum absolute atomic E-state index is 12.8. The molecule has 0 aliphatic heterocycles. The lowest BCUT2D eigenvalue weighted by Gasteiger charge is -2.13. The predicted octanol–water partition coefficient (Wildman–Crippen LogP) is 4.12. The molecule has 0 amide bonds. The molecule has 0 bridgehead atoms. The van der Waals surface area contributed by atoms with Crippen molar-refractivity contribution in [3.63, 3.8) is 0 Å². The standard InChI is InChI=1S/C21H19Cl2N3O4S/c1-25-19(27)17(20(28)26(2)21(25)29)18(24-13-5-7-14(30-3)8-6-13)31-11-12-4-9-15(22)16(23)10-12/h4-10,27H,11H2,1-3H3. The fraction of sp³-hybridized carbons (Fsp3) is 0.190. The average molecular weight is 480 g/mol. The van der Waals surface area contributed by atoms with Crippen LogP contribution in [0.3, 0.4) is 0 Å². The molecule has 0 saturated heterocycles. The summed E-state index contributed by atoms with van der Waals surface area (Å²) in [6, 6.07) is 12.1. The number of aromatic nitrogens is 2. The number of thioether (sulfide) groups is 1. The van der Waals surface area contributed by atoms with Crippen LogP contribution in [0.25, 0.3) is 0 Å². The molecule has 2 aromatic carbocycles. The molecule has 0 saturated carbocycles. The van der Waals surface area contributed by atoms with Crippen LogP contribution in [0.4, 0.5) is 5.69 Å². The molecule has 7 nitrogen and oxygen atoms in total. The van der Waals surface area contributed by atoms with Gasteiger partial charge in [-0.3, -0.25) is 13.9 Å². The third-order valence-corrected chi connectivity index (χ3v) is 6.30. The number of methoxy groups -OCH3 is 1. The number of hydrogen-bond donors (Lipinski definition) is 1. The molecule has 1 aromatic heterocycles. The smallest absolute Gasteiger partial charge is 0.333 e. The van der Waals surface area contributed by atoms with Gasteiger partial charge >= 0.3 is 5.69 Å². The second-order valence-corrected chi connectivity index (χ2v) is 8.33. The molecule has 3 aromatic rings. The van der Waals surface area contributed by atoms with Gasteiger partial charge in [0.2, 0.25) is 5.88 Å². The fourth-order valence-electron chi connectivity index (χ4n) is 2.74. The van der Waals surface area contributed by atoms with Crippen molar-refractivity contribution in [1.82, 2.24) is 9.13 Å². The van der Waals surface area contributed by atoms with E-state index in [1.54, 1.807) is 43.5 Å². The lowest BCUT2D eigenvalue weighted by atomic mass is 10.2. The van der Waals surface area contributed by atoms with E-state index in [4.69, 9.17) is 27.9 Å². The number of hydrogen-bond acceptors (Lipinski definition) is 6. The molecule has 0 aliphatic carbocycles. The molecule has 0 fully saturated rings. The highest BCUT2D eigenvalue weighted by molar-refractivity contribution is 8.13. The van der Waals surface area contributed by atoms with E-state index in [2.05, 4.69) is 4.99 Å². The van der Waals surface area contributed by atoms with Crippen LogP contribution in [0.15, 0.2) is 57.0 Å². The van der Waals surface area contributed by atoms with E-state index in [9.17, 15) is 14.7 Å². The number of ether oxygens (including phenoxy) is 1. The Morgan fingerprint density at radius 2 is 1.74 bits per heavy atom. The third kappa shape index (κ3) is 4.98. The molecule has 0 spiro atoms. The zero-order chi connectivity index (χ0) is 22.7. The Balaban J connectivity index is 2.10. The number of halogens is 2. The minimum Gasteiger partial charge on any atom is -0.497 e. The number of aromatic hydroxyl groups is 1. The number of benzene rings is 2. The average Bonchev–Trinajstić information content (AvgIpc) is 2.77. The maximum atomic E-state index is 12.8. The van der Waals surface area contributed by atoms with Crippen molar-refractivity contribution in [2.24, 2.45) is 19.1 Å². The van der Waals surface area contributed by atoms with Crippen LogP contribution >= 0.6 is 35.0 Å². The molecule has 0 radical (unpaired) electrons. The van der Waals surface area contributed by atoms with Crippen LogP contribution in [0.1, 0.15) is 11.1 Å². The number of aliphatic imine (C=N–C) groups is 1. The SMILES string of the molecule is COc1ccc(N=C(SCc2ccc(Cl)c(Cl)c2)c2c(O)n(C)c(=O)n(C)c2=O)cc1. The van der Waals surface area contributed by atoms with Crippen molar-refractivity contribution in [3.05, 3.63) is 84.5 Å². The summed E-state index contributed by atoms with van der Waals surface area (Å²) in [4.78, 5) is 29.6. The van der Waals surface area contributed by atoms with Crippen molar-refractivity contribution in [2.75, 3.05) is 7.11 Å². The predicted molar refractivity (Wildman–Crippen MR) is 126 cm³/mol. The highest BCUT2D eigenvalue weighted by atomic mass is 35.5. The Morgan fingerprint density at radius 1 is 1.06 bits per heavy atom. The summed E-state index contributed by atoms with van der Waals surface area (Å²) in [7, 11) is 4.29. The molecule has 10 heteroatoms. The van der Waals surface area contributed by atoms with Crippen molar-refractivity contribution >= 4 is 45.7 Å². The first-order valence-electron chi connectivity index (χ1n) is 9.01. The Hall–Kier alpha value is -2.68. The second kappa shape index (κ2) is 9.64. The summed E-state index contributed by atoms with van der Waals surface area (Å²) in [5.41, 5.74) is 0.0558. The van der Waals surface area contributed by atoms with Crippen LogP contribution in [0, 0.1) is 0 Å². The first kappa shape index (κ1) is 23.0. The van der Waals surface area contributed by atoms with Crippen molar-refractivity contribution in [2.45, 2.75) is 5.75 Å². The van der Waals surface area contributed by atoms with E-state index >= 15 is 0 Å². The minimum atomic E-state index is -0.644. The zero-order valence-electron chi connectivity index (χ0n) is 16.9. The zero-order valence-corrected chi connectivity index (χ0v) is 19.3. The monoisotopic (exact) mass is 479 g/mol. The summed E-state index contributed by atoms with van der Waals surface area (Å²) in [5.74, 6) is 0.601. The molecule has 162 valence electrons. The molecule has 1 N–H and O–H groups in total. The summed E-state index contributed by atoms with van der Waals surface area (Å²) in [5, 5.41) is 11.7. The van der Waals surface area contributed by atoms with Gasteiger partial charge < -0.3 is 9.84 Å². The largest absolute Gasteiger partial charge is 0.497 e. The van der Waals surface area contributed by atoms with E-state index in [1.807, 2.05) is 6.07 Å². The fourth-order valence-corrected chi connectivity index (χ4v) is 4.03. The van der Waals surface area contributed by atoms with E-state index in [0.717, 1.165) is 14.7 Å². The minimum absolute atomic E-state index is 0.0644. The van der Waals surface area contributed by atoms with E-state index in [1.165, 1.54) is 25.9 Å². The first-order valence-corrected chi connectivity index (χ1v) is 10.8. The Bertz CT molecular complexity index is 1270. The van der Waals surface area contributed by atoms with Crippen LogP contribution in [-0.2, 0) is 19.8 Å². The van der Waals surface area contributed by atoms with Crippen LogP contribution < -0.4 is 16.0 Å². The van der Waals surface area contributed by atoms with Gasteiger partial charge in [-0.05, 0) is 42.0 Å². The normalized spacial score (nSPS) is 11.6. The van der Waals surface area contributed by atoms with Gasteiger partial charge in [0.05, 0.1) is 22.8 Å². The Kier molecular flexibility index (Phi) is 7.15. The lowest BCUT2D eigenvalue weighted by Crippen LogP contribution is -2.39. The van der Waals surface area contributed by atoms with Gasteiger partial charge in [-0.2, -0.15) is 0 Å². The first-order chi connectivity index (χ1) is 14.7. The summed E-state index contributed by atoms with van der Waals surface area (Å²) >= 11 is 13.3. The van der Waals surface area contributed by atoms with Crippen molar-refractivity contribution < 1.29 is 9.84 Å². The van der Waals surface area contributed by atoms with Gasteiger partial charge in [0, 0.05) is 19.8 Å². The lowest BCUT2D eigenvalue weighted by molar-refractivity contribution is 0.410. The van der Waals surface area contributed by atoms with Gasteiger partial charge in [-0.25, -0.2) is 9.79 Å². The van der Waals surface area contributed by atoms with E-state index in [-0.39, 0.29) is 10.6 Å². The molecule has 1 heterocycles. The Labute approximate surface area is 192 Å². The van der Waals surface area contributed by atoms with Crippen LogP contribution in [0.5, 0.6) is 11.6 Å². The quantitative estimate of drug-likeness (QED) is 0.439. The molecule has 31 heavy (non-hydrogen) atoms. The highest BCUT2D eigenvalue weighted by Gasteiger charge is 2.21. The topological polar surface area (TPSA) is 85.8 Å². The molecule has 3 rings (SSSR count). The molecule has 0 aliphatic rings. The third-order valence-electron chi connectivity index (χ3n) is 4.51. The van der Waals surface area contributed by atoms with Gasteiger partial charge in [0.1, 0.15) is 16.4 Å². The summed E-state index contributed by atoms with van der Waals surface area (Å²) in [6.45, 7) is 0. The number of rotatable bonds is 5. The molecule has 0 atom stereocenters. The Morgan fingerprint density at radius 3 is 2.35 bits per heavy atom. The summed E-state index contributed by atoms with van der Waals surface area (Å²) in [6.07, 6.45) is 0. The highest BCUT2D eigenvalue weighted by Crippen LogP contribution is 2.29. The maximum Gasteiger partial charge on any atom is 0.333 e.